The lowest BCUT2D eigenvalue weighted by Gasteiger charge is -2.40. The number of hydrogen-bond donors (Lipinski definition) is 0. The molecule has 1 aromatic carbocycles. The lowest BCUT2D eigenvalue weighted by atomic mass is 9.64. The minimum Gasteiger partial charge on any atom is -0.0837 e. The third-order valence-corrected chi connectivity index (χ3v) is 4.67. The Bertz CT molecular complexity index is 479. The van der Waals surface area contributed by atoms with Gasteiger partial charge in [0.1, 0.15) is 0 Å². The molecule has 0 saturated heterocycles. The van der Waals surface area contributed by atoms with Crippen molar-refractivity contribution in [2.75, 3.05) is 0 Å². The molecule has 0 fully saturated rings. The van der Waals surface area contributed by atoms with E-state index in [-0.39, 0.29) is 5.41 Å². The molecule has 0 amide bonds. The second kappa shape index (κ2) is 5.14. The molecule has 1 aliphatic carbocycles. The summed E-state index contributed by atoms with van der Waals surface area (Å²) in [4.78, 5) is 0. The molecule has 0 N–H and O–H groups in total. The Kier molecular flexibility index (Phi) is 3.75. The third-order valence-electron chi connectivity index (χ3n) is 4.67. The van der Waals surface area contributed by atoms with E-state index in [2.05, 4.69) is 70.2 Å². The molecule has 0 aliphatic heterocycles. The Balaban J connectivity index is 2.44. The fourth-order valence-corrected chi connectivity index (χ4v) is 3.29. The highest BCUT2D eigenvalue weighted by Gasteiger charge is 2.36. The molecular weight excluding hydrogens is 216 g/mol. The number of allylic oxidation sites excluding steroid dienone is 4. The Morgan fingerprint density at radius 3 is 2.56 bits per heavy atom. The first-order valence-electron chi connectivity index (χ1n) is 6.99. The highest BCUT2D eigenvalue weighted by molar-refractivity contribution is 5.36. The predicted octanol–water partition coefficient (Wildman–Crippen LogP) is 5.40. The lowest BCUT2D eigenvalue weighted by molar-refractivity contribution is 0.303. The zero-order valence-corrected chi connectivity index (χ0v) is 12.0. The molecule has 0 heterocycles. The molecule has 0 saturated carbocycles. The van der Waals surface area contributed by atoms with Gasteiger partial charge in [-0.05, 0) is 49.1 Å². The van der Waals surface area contributed by atoms with Gasteiger partial charge < -0.3 is 0 Å². The molecule has 0 radical (unpaired) electrons. The van der Waals surface area contributed by atoms with Crippen molar-refractivity contribution in [1.82, 2.24) is 0 Å². The van der Waals surface area contributed by atoms with Crippen molar-refractivity contribution in [2.45, 2.75) is 46.5 Å². The largest absolute Gasteiger partial charge is 0.0837 e. The summed E-state index contributed by atoms with van der Waals surface area (Å²) in [6, 6.07) is 8.85. The Labute approximate surface area is 111 Å². The van der Waals surface area contributed by atoms with Crippen molar-refractivity contribution in [3.05, 3.63) is 59.2 Å². The van der Waals surface area contributed by atoms with E-state index in [4.69, 9.17) is 0 Å². The summed E-state index contributed by atoms with van der Waals surface area (Å²) in [6.07, 6.45) is 9.14. The minimum absolute atomic E-state index is 0.273. The summed E-state index contributed by atoms with van der Waals surface area (Å²) in [7, 11) is 0. The van der Waals surface area contributed by atoms with Gasteiger partial charge in [0, 0.05) is 0 Å². The van der Waals surface area contributed by atoms with E-state index >= 15 is 0 Å². The van der Waals surface area contributed by atoms with Crippen molar-refractivity contribution in [1.29, 1.82) is 0 Å². The first-order chi connectivity index (χ1) is 8.59. The van der Waals surface area contributed by atoms with Crippen LogP contribution in [0.15, 0.2) is 48.1 Å². The van der Waals surface area contributed by atoms with Crippen LogP contribution in [0.2, 0.25) is 0 Å². The van der Waals surface area contributed by atoms with E-state index in [1.54, 1.807) is 0 Å². The van der Waals surface area contributed by atoms with Gasteiger partial charge in [-0.2, -0.15) is 0 Å². The Morgan fingerprint density at radius 2 is 1.94 bits per heavy atom. The maximum absolute atomic E-state index is 2.42. The summed E-state index contributed by atoms with van der Waals surface area (Å²) < 4.78 is 0. The molecule has 0 nitrogen and oxygen atoms in total. The van der Waals surface area contributed by atoms with Crippen LogP contribution in [-0.4, -0.2) is 0 Å². The molecule has 18 heavy (non-hydrogen) atoms. The first-order valence-corrected chi connectivity index (χ1v) is 6.99. The van der Waals surface area contributed by atoms with Crippen molar-refractivity contribution >= 4 is 0 Å². The van der Waals surface area contributed by atoms with E-state index < -0.39 is 0 Å². The van der Waals surface area contributed by atoms with Crippen molar-refractivity contribution < 1.29 is 0 Å². The van der Waals surface area contributed by atoms with Crippen LogP contribution in [0.3, 0.4) is 0 Å². The summed E-state index contributed by atoms with van der Waals surface area (Å²) in [6.45, 7) is 9.25. The Morgan fingerprint density at radius 1 is 1.22 bits per heavy atom. The van der Waals surface area contributed by atoms with Gasteiger partial charge in [0.2, 0.25) is 0 Å². The molecular formula is C18H24. The standard InChI is InChI=1S/C18H24/c1-5-17(16-12-7-6-10-14(16)2)18(4)13-9-8-11-15(18)3/h6-12,17H,5,13H2,1-4H3. The average Bonchev–Trinajstić information content (AvgIpc) is 2.36. The third kappa shape index (κ3) is 2.16. The molecule has 96 valence electrons. The molecule has 0 bridgehead atoms. The van der Waals surface area contributed by atoms with Crippen LogP contribution in [0.1, 0.15) is 50.7 Å². The quantitative estimate of drug-likeness (QED) is 0.663. The van der Waals surface area contributed by atoms with Crippen LogP contribution >= 0.6 is 0 Å². The smallest absolute Gasteiger partial charge is 0.00129 e. The fourth-order valence-electron chi connectivity index (χ4n) is 3.29. The normalized spacial score (nSPS) is 24.8. The lowest BCUT2D eigenvalue weighted by Crippen LogP contribution is -2.28. The second-order valence-electron chi connectivity index (χ2n) is 5.72. The minimum atomic E-state index is 0.273. The molecule has 2 unspecified atom stereocenters. The topological polar surface area (TPSA) is 0 Å². The van der Waals surface area contributed by atoms with Crippen LogP contribution < -0.4 is 0 Å². The van der Waals surface area contributed by atoms with Gasteiger partial charge in [-0.25, -0.2) is 0 Å². The van der Waals surface area contributed by atoms with Crippen LogP contribution in [0, 0.1) is 12.3 Å². The monoisotopic (exact) mass is 240 g/mol. The van der Waals surface area contributed by atoms with Crippen molar-refractivity contribution in [3.8, 4) is 0 Å². The van der Waals surface area contributed by atoms with Gasteiger partial charge >= 0.3 is 0 Å². The van der Waals surface area contributed by atoms with Gasteiger partial charge in [0.25, 0.3) is 0 Å². The van der Waals surface area contributed by atoms with Gasteiger partial charge in [-0.1, -0.05) is 61.9 Å². The summed E-state index contributed by atoms with van der Waals surface area (Å²) in [5.74, 6) is 0.611. The van der Waals surface area contributed by atoms with E-state index in [9.17, 15) is 0 Å². The van der Waals surface area contributed by atoms with E-state index in [1.165, 1.54) is 23.1 Å². The fraction of sp³-hybridized carbons (Fsp3) is 0.444. The molecule has 2 rings (SSSR count). The molecule has 1 aliphatic rings. The number of rotatable bonds is 3. The van der Waals surface area contributed by atoms with E-state index in [1.807, 2.05) is 0 Å². The highest BCUT2D eigenvalue weighted by Crippen LogP contribution is 2.48. The second-order valence-corrected chi connectivity index (χ2v) is 5.72. The van der Waals surface area contributed by atoms with Gasteiger partial charge in [-0.3, -0.25) is 0 Å². The molecule has 0 aromatic heterocycles. The first kappa shape index (κ1) is 13.1. The SMILES string of the molecule is CCC(c1ccccc1C)C1(C)CC=CC=C1C. The van der Waals surface area contributed by atoms with Crippen molar-refractivity contribution in [3.63, 3.8) is 0 Å². The van der Waals surface area contributed by atoms with E-state index in [0.717, 1.165) is 6.42 Å². The van der Waals surface area contributed by atoms with Crippen LogP contribution in [-0.2, 0) is 0 Å². The van der Waals surface area contributed by atoms with Gasteiger partial charge in [0.05, 0.1) is 0 Å². The van der Waals surface area contributed by atoms with Gasteiger partial charge in [-0.15, -0.1) is 0 Å². The highest BCUT2D eigenvalue weighted by atomic mass is 14.4. The molecule has 2 atom stereocenters. The molecule has 0 spiro atoms. The summed E-state index contributed by atoms with van der Waals surface area (Å²) in [5.41, 5.74) is 4.73. The Hall–Kier alpha value is -1.30. The average molecular weight is 240 g/mol. The molecule has 0 heteroatoms. The summed E-state index contributed by atoms with van der Waals surface area (Å²) in [5, 5.41) is 0. The van der Waals surface area contributed by atoms with Crippen LogP contribution in [0.4, 0.5) is 0 Å². The maximum atomic E-state index is 2.42. The van der Waals surface area contributed by atoms with E-state index in [0.29, 0.717) is 5.92 Å². The maximum Gasteiger partial charge on any atom is -0.00129 e. The van der Waals surface area contributed by atoms with Crippen LogP contribution in [0.25, 0.3) is 0 Å². The van der Waals surface area contributed by atoms with Gasteiger partial charge in [0.15, 0.2) is 0 Å². The summed E-state index contributed by atoms with van der Waals surface area (Å²) >= 11 is 0. The van der Waals surface area contributed by atoms with Crippen LogP contribution in [0.5, 0.6) is 0 Å². The number of aryl methyl sites for hydroxylation is 1. The predicted molar refractivity (Wildman–Crippen MR) is 79.8 cm³/mol. The molecule has 1 aromatic rings. The number of benzene rings is 1. The number of hydrogen-bond acceptors (Lipinski definition) is 0. The van der Waals surface area contributed by atoms with Crippen molar-refractivity contribution in [2.24, 2.45) is 5.41 Å². The zero-order valence-electron chi connectivity index (χ0n) is 12.0. The zero-order chi connectivity index (χ0) is 13.2.